The fourth-order valence-corrected chi connectivity index (χ4v) is 4.38. The van der Waals surface area contributed by atoms with E-state index in [1.54, 1.807) is 32.0 Å². The Morgan fingerprint density at radius 3 is 2.66 bits per heavy atom. The van der Waals surface area contributed by atoms with E-state index in [0.717, 1.165) is 5.70 Å². The highest BCUT2D eigenvalue weighted by molar-refractivity contribution is 6.30. The highest BCUT2D eigenvalue weighted by Crippen LogP contribution is 2.45. The lowest BCUT2D eigenvalue weighted by molar-refractivity contribution is -0.151. The van der Waals surface area contributed by atoms with E-state index in [1.807, 2.05) is 13.0 Å². The van der Waals surface area contributed by atoms with Crippen LogP contribution in [0.25, 0.3) is 0 Å². The van der Waals surface area contributed by atoms with E-state index >= 15 is 0 Å². The van der Waals surface area contributed by atoms with Gasteiger partial charge in [-0.15, -0.1) is 0 Å². The summed E-state index contributed by atoms with van der Waals surface area (Å²) in [6.45, 7) is 5.57. The number of benzene rings is 1. The minimum absolute atomic E-state index is 0.208. The first kappa shape index (κ1) is 21.1. The fourth-order valence-electron chi connectivity index (χ4n) is 4.18. The number of dihydropyridines is 1. The van der Waals surface area contributed by atoms with E-state index in [9.17, 15) is 14.4 Å². The summed E-state index contributed by atoms with van der Waals surface area (Å²) in [5.41, 5.74) is 2.79. The molecule has 0 amide bonds. The number of hydrogen-bond acceptors (Lipinski definition) is 6. The van der Waals surface area contributed by atoms with E-state index in [-0.39, 0.29) is 18.3 Å². The van der Waals surface area contributed by atoms with Crippen LogP contribution in [-0.2, 0) is 23.9 Å². The molecule has 6 nitrogen and oxygen atoms in total. The Balaban J connectivity index is 2.19. The van der Waals surface area contributed by atoms with Crippen LogP contribution < -0.4 is 5.32 Å². The Kier molecular flexibility index (Phi) is 6.13. The molecule has 3 atom stereocenters. The van der Waals surface area contributed by atoms with Crippen molar-refractivity contribution >= 4 is 29.3 Å². The number of rotatable bonds is 4. The zero-order valence-corrected chi connectivity index (χ0v) is 17.6. The van der Waals surface area contributed by atoms with Gasteiger partial charge in [0.15, 0.2) is 5.78 Å². The topological polar surface area (TPSA) is 81.7 Å². The molecule has 0 aromatic heterocycles. The van der Waals surface area contributed by atoms with E-state index in [2.05, 4.69) is 5.32 Å². The van der Waals surface area contributed by atoms with Crippen LogP contribution in [-0.4, -0.2) is 31.4 Å². The summed E-state index contributed by atoms with van der Waals surface area (Å²) in [6, 6.07) is 7.04. The molecule has 0 fully saturated rings. The van der Waals surface area contributed by atoms with Gasteiger partial charge in [-0.25, -0.2) is 4.79 Å². The average Bonchev–Trinajstić information content (AvgIpc) is 2.66. The molecule has 0 bridgehead atoms. The van der Waals surface area contributed by atoms with Gasteiger partial charge >= 0.3 is 11.9 Å². The number of methoxy groups -OCH3 is 1. The van der Waals surface area contributed by atoms with Gasteiger partial charge in [-0.2, -0.15) is 0 Å². The SMILES string of the molecule is CCOC(=O)C1=C(C)NC2=C(C(=O)[C@@H](C(=O)OC)[C@H](C)C2)[C@@H]1c1cccc(Cl)c1. The van der Waals surface area contributed by atoms with Gasteiger partial charge in [-0.1, -0.05) is 30.7 Å². The minimum Gasteiger partial charge on any atom is -0.468 e. The second kappa shape index (κ2) is 8.41. The number of ketones is 1. The minimum atomic E-state index is -0.913. The summed E-state index contributed by atoms with van der Waals surface area (Å²) in [5.74, 6) is -3.21. The molecule has 1 N–H and O–H groups in total. The molecule has 3 rings (SSSR count). The van der Waals surface area contributed by atoms with Crippen molar-refractivity contribution in [2.75, 3.05) is 13.7 Å². The number of allylic oxidation sites excluding steroid dienone is 3. The molecule has 7 heteroatoms. The largest absolute Gasteiger partial charge is 0.468 e. The Bertz CT molecular complexity index is 933. The van der Waals surface area contributed by atoms with E-state index < -0.39 is 23.8 Å². The summed E-state index contributed by atoms with van der Waals surface area (Å²) in [7, 11) is 1.27. The number of ether oxygens (including phenoxy) is 2. The van der Waals surface area contributed by atoms with Crippen LogP contribution in [0.4, 0.5) is 0 Å². The predicted molar refractivity (Wildman–Crippen MR) is 108 cm³/mol. The molecule has 29 heavy (non-hydrogen) atoms. The van der Waals surface area contributed by atoms with Crippen LogP contribution in [0.5, 0.6) is 0 Å². The molecule has 1 aliphatic heterocycles. The van der Waals surface area contributed by atoms with Gasteiger partial charge in [-0.3, -0.25) is 9.59 Å². The predicted octanol–water partition coefficient (Wildman–Crippen LogP) is 3.52. The third-order valence-corrected chi connectivity index (χ3v) is 5.66. The summed E-state index contributed by atoms with van der Waals surface area (Å²) in [4.78, 5) is 38.6. The van der Waals surface area contributed by atoms with Crippen LogP contribution >= 0.6 is 11.6 Å². The molecule has 1 aromatic carbocycles. The number of halogens is 1. The van der Waals surface area contributed by atoms with Crippen molar-refractivity contribution in [2.24, 2.45) is 11.8 Å². The molecule has 1 aliphatic carbocycles. The van der Waals surface area contributed by atoms with Crippen LogP contribution in [0.1, 0.15) is 38.7 Å². The van der Waals surface area contributed by atoms with Crippen molar-refractivity contribution in [3.63, 3.8) is 0 Å². The maximum absolute atomic E-state index is 13.5. The molecule has 0 radical (unpaired) electrons. The Labute approximate surface area is 174 Å². The smallest absolute Gasteiger partial charge is 0.336 e. The first-order valence-electron chi connectivity index (χ1n) is 9.55. The molecule has 1 aromatic rings. The number of nitrogens with one attached hydrogen (secondary N) is 1. The monoisotopic (exact) mass is 417 g/mol. The first-order chi connectivity index (χ1) is 13.8. The highest BCUT2D eigenvalue weighted by atomic mass is 35.5. The molecule has 0 saturated heterocycles. The van der Waals surface area contributed by atoms with Gasteiger partial charge in [-0.05, 0) is 43.9 Å². The van der Waals surface area contributed by atoms with E-state index in [1.165, 1.54) is 7.11 Å². The lowest BCUT2D eigenvalue weighted by Gasteiger charge is -2.38. The van der Waals surface area contributed by atoms with Crippen molar-refractivity contribution in [1.29, 1.82) is 0 Å². The zero-order valence-electron chi connectivity index (χ0n) is 16.9. The van der Waals surface area contributed by atoms with Crippen molar-refractivity contribution < 1.29 is 23.9 Å². The van der Waals surface area contributed by atoms with Gasteiger partial charge in [0.1, 0.15) is 5.92 Å². The number of carbonyl (C=O) groups is 3. The first-order valence-corrected chi connectivity index (χ1v) is 9.93. The van der Waals surface area contributed by atoms with E-state index in [0.29, 0.717) is 33.9 Å². The van der Waals surface area contributed by atoms with Gasteiger partial charge < -0.3 is 14.8 Å². The van der Waals surface area contributed by atoms with Crippen LogP contribution in [0, 0.1) is 11.8 Å². The maximum atomic E-state index is 13.5. The maximum Gasteiger partial charge on any atom is 0.336 e. The standard InChI is InChI=1S/C22H24ClNO5/c1-5-29-22(27)17-12(3)24-15-9-11(2)16(21(26)28-4)20(25)19(15)18(17)13-7-6-8-14(23)10-13/h6-8,10-11,16,18,24H,5,9H2,1-4H3/t11-,16+,18-/m1/s1. The molecule has 0 spiro atoms. The lowest BCUT2D eigenvalue weighted by atomic mass is 9.69. The van der Waals surface area contributed by atoms with Gasteiger partial charge in [0.2, 0.25) is 0 Å². The Morgan fingerprint density at radius 1 is 1.31 bits per heavy atom. The summed E-state index contributed by atoms with van der Waals surface area (Å²) >= 11 is 6.20. The Hall–Kier alpha value is -2.60. The molecule has 0 unspecified atom stereocenters. The third-order valence-electron chi connectivity index (χ3n) is 5.42. The Morgan fingerprint density at radius 2 is 2.03 bits per heavy atom. The molecular weight excluding hydrogens is 394 g/mol. The van der Waals surface area contributed by atoms with Crippen molar-refractivity contribution in [3.8, 4) is 0 Å². The highest BCUT2D eigenvalue weighted by Gasteiger charge is 2.47. The van der Waals surface area contributed by atoms with Crippen molar-refractivity contribution in [2.45, 2.75) is 33.1 Å². The molecule has 0 saturated carbocycles. The molecule has 154 valence electrons. The van der Waals surface area contributed by atoms with Crippen LogP contribution in [0.3, 0.4) is 0 Å². The van der Waals surface area contributed by atoms with E-state index in [4.69, 9.17) is 21.1 Å². The zero-order chi connectivity index (χ0) is 21.3. The lowest BCUT2D eigenvalue weighted by Crippen LogP contribution is -2.43. The summed E-state index contributed by atoms with van der Waals surface area (Å²) < 4.78 is 10.1. The molecular formula is C22H24ClNO5. The van der Waals surface area contributed by atoms with Crippen molar-refractivity contribution in [1.82, 2.24) is 5.32 Å². The summed E-state index contributed by atoms with van der Waals surface area (Å²) in [6.07, 6.45) is 0.491. The number of carbonyl (C=O) groups excluding carboxylic acids is 3. The second-order valence-corrected chi connectivity index (χ2v) is 7.75. The third kappa shape index (κ3) is 3.81. The molecule has 2 aliphatic rings. The van der Waals surface area contributed by atoms with Gasteiger partial charge in [0.05, 0.1) is 19.3 Å². The quantitative estimate of drug-likeness (QED) is 0.596. The fraction of sp³-hybridized carbons (Fsp3) is 0.409. The number of Topliss-reactive ketones (excluding diaryl/α,β-unsaturated/α-hetero) is 1. The van der Waals surface area contributed by atoms with Crippen LogP contribution in [0.15, 0.2) is 46.8 Å². The second-order valence-electron chi connectivity index (χ2n) is 7.31. The van der Waals surface area contributed by atoms with Gasteiger partial charge in [0, 0.05) is 27.9 Å². The van der Waals surface area contributed by atoms with Crippen LogP contribution in [0.2, 0.25) is 5.02 Å². The number of esters is 2. The summed E-state index contributed by atoms with van der Waals surface area (Å²) in [5, 5.41) is 3.70. The molecule has 1 heterocycles. The number of hydrogen-bond donors (Lipinski definition) is 1. The van der Waals surface area contributed by atoms with Gasteiger partial charge in [0.25, 0.3) is 0 Å². The normalized spacial score (nSPS) is 24.0. The van der Waals surface area contributed by atoms with Crippen molar-refractivity contribution in [3.05, 3.63) is 57.4 Å². The average molecular weight is 418 g/mol.